The standard InChI is InChI=1S/C34H26N12/c1-2-24(14-36-9-1)22-46(34-20-38-32-13-26(4-6-30(32)44-34)28-17-41-42-18-28)45(21-23-7-10-35-11-8-23)33-19-37-31-12-25(3-5-29(31)43-33)27-15-39-40-16-27/h1-20H,21-22H2,(H,39,40)(H,41,42). The maximum absolute atomic E-state index is 5.09. The summed E-state index contributed by atoms with van der Waals surface area (Å²) >= 11 is 0. The van der Waals surface area contributed by atoms with Gasteiger partial charge in [-0.2, -0.15) is 10.2 Å². The molecule has 0 aliphatic rings. The number of rotatable bonds is 9. The van der Waals surface area contributed by atoms with E-state index < -0.39 is 0 Å². The van der Waals surface area contributed by atoms with Gasteiger partial charge in [-0.05, 0) is 64.7 Å². The lowest BCUT2D eigenvalue weighted by Crippen LogP contribution is -2.43. The summed E-state index contributed by atoms with van der Waals surface area (Å²) in [6.07, 6.45) is 18.1. The van der Waals surface area contributed by atoms with E-state index in [0.717, 1.165) is 55.4 Å². The van der Waals surface area contributed by atoms with Crippen molar-refractivity contribution in [1.82, 2.24) is 50.3 Å². The SMILES string of the molecule is c1cncc(CN(c2cnc3cc(-c4cn[nH]c4)ccc3n2)N(Cc2ccncc2)c2cnc3cc(-c4cn[nH]c4)ccc3n2)c1. The van der Waals surface area contributed by atoms with Gasteiger partial charge in [0.15, 0.2) is 11.6 Å². The fraction of sp³-hybridized carbons (Fsp3) is 0.0588. The van der Waals surface area contributed by atoms with Crippen molar-refractivity contribution in [1.29, 1.82) is 0 Å². The summed E-state index contributed by atoms with van der Waals surface area (Å²) in [5, 5.41) is 18.0. The Labute approximate surface area is 262 Å². The van der Waals surface area contributed by atoms with E-state index in [2.05, 4.69) is 40.4 Å². The topological polar surface area (TPSA) is 141 Å². The maximum Gasteiger partial charge on any atom is 0.166 e. The van der Waals surface area contributed by atoms with Crippen molar-refractivity contribution in [2.75, 3.05) is 10.0 Å². The van der Waals surface area contributed by atoms with Crippen LogP contribution in [0.4, 0.5) is 11.6 Å². The summed E-state index contributed by atoms with van der Waals surface area (Å²) in [4.78, 5) is 28.5. The molecule has 0 saturated carbocycles. The van der Waals surface area contributed by atoms with E-state index >= 15 is 0 Å². The molecule has 2 N–H and O–H groups in total. The van der Waals surface area contributed by atoms with Crippen molar-refractivity contribution in [2.24, 2.45) is 0 Å². The zero-order chi connectivity index (χ0) is 30.7. The Morgan fingerprint density at radius 2 is 1.09 bits per heavy atom. The number of hydrogen-bond acceptors (Lipinski definition) is 10. The first-order valence-electron chi connectivity index (χ1n) is 14.6. The van der Waals surface area contributed by atoms with Crippen molar-refractivity contribution in [3.8, 4) is 22.3 Å². The lowest BCUT2D eigenvalue weighted by atomic mass is 10.1. The smallest absolute Gasteiger partial charge is 0.166 e. The number of aromatic nitrogens is 10. The van der Waals surface area contributed by atoms with Gasteiger partial charge in [-0.3, -0.25) is 40.2 Å². The highest BCUT2D eigenvalue weighted by atomic mass is 15.7. The van der Waals surface area contributed by atoms with Gasteiger partial charge in [0.25, 0.3) is 0 Å². The normalized spacial score (nSPS) is 11.2. The molecule has 0 saturated heterocycles. The molecule has 0 spiro atoms. The Morgan fingerprint density at radius 3 is 1.61 bits per heavy atom. The molecule has 0 bridgehead atoms. The zero-order valence-electron chi connectivity index (χ0n) is 24.4. The summed E-state index contributed by atoms with van der Waals surface area (Å²) in [6.45, 7) is 0.945. The van der Waals surface area contributed by atoms with Crippen molar-refractivity contribution in [3.63, 3.8) is 0 Å². The van der Waals surface area contributed by atoms with E-state index in [1.165, 1.54) is 0 Å². The number of nitrogens with one attached hydrogen (secondary N) is 2. The fourth-order valence-electron chi connectivity index (χ4n) is 5.33. The van der Waals surface area contributed by atoms with Gasteiger partial charge in [0.05, 0.1) is 59.9 Å². The predicted octanol–water partition coefficient (Wildman–Crippen LogP) is 5.77. The average Bonchev–Trinajstić information content (AvgIpc) is 3.86. The minimum Gasteiger partial charge on any atom is -0.285 e. The van der Waals surface area contributed by atoms with Crippen molar-refractivity contribution < 1.29 is 0 Å². The van der Waals surface area contributed by atoms with Crippen LogP contribution in [0.5, 0.6) is 0 Å². The molecule has 222 valence electrons. The number of H-pyrrole nitrogens is 2. The monoisotopic (exact) mass is 602 g/mol. The summed E-state index contributed by atoms with van der Waals surface area (Å²) in [5.41, 5.74) is 9.13. The molecule has 12 nitrogen and oxygen atoms in total. The van der Waals surface area contributed by atoms with Crippen LogP contribution in [0.1, 0.15) is 11.1 Å². The van der Waals surface area contributed by atoms with Crippen LogP contribution in [0.2, 0.25) is 0 Å². The second kappa shape index (κ2) is 11.8. The maximum atomic E-state index is 5.09. The van der Waals surface area contributed by atoms with E-state index in [4.69, 9.17) is 19.9 Å². The molecule has 0 aliphatic heterocycles. The first-order chi connectivity index (χ1) is 22.8. The number of nitrogens with zero attached hydrogens (tertiary/aromatic N) is 10. The molecule has 8 rings (SSSR count). The molecule has 0 fully saturated rings. The second-order valence-electron chi connectivity index (χ2n) is 10.7. The Bertz CT molecular complexity index is 2060. The predicted molar refractivity (Wildman–Crippen MR) is 175 cm³/mol. The number of aromatic amines is 2. The van der Waals surface area contributed by atoms with E-state index in [0.29, 0.717) is 24.7 Å². The van der Waals surface area contributed by atoms with Gasteiger partial charge in [-0.25, -0.2) is 9.97 Å². The molecule has 0 unspecified atom stereocenters. The van der Waals surface area contributed by atoms with Gasteiger partial charge in [0.2, 0.25) is 0 Å². The van der Waals surface area contributed by atoms with Crippen LogP contribution in [0.3, 0.4) is 0 Å². The van der Waals surface area contributed by atoms with Gasteiger partial charge in [-0.15, -0.1) is 0 Å². The molecule has 0 amide bonds. The molecule has 0 aliphatic carbocycles. The zero-order valence-corrected chi connectivity index (χ0v) is 24.4. The molecule has 0 radical (unpaired) electrons. The summed E-state index contributed by atoms with van der Waals surface area (Å²) < 4.78 is 0. The van der Waals surface area contributed by atoms with Crippen LogP contribution in [0.25, 0.3) is 44.3 Å². The number of hydrazine groups is 1. The lowest BCUT2D eigenvalue weighted by Gasteiger charge is -2.36. The molecule has 6 aromatic heterocycles. The van der Waals surface area contributed by atoms with Gasteiger partial charge in [0.1, 0.15) is 0 Å². The number of benzene rings is 2. The van der Waals surface area contributed by atoms with Crippen molar-refractivity contribution in [2.45, 2.75) is 13.1 Å². The molecule has 6 heterocycles. The van der Waals surface area contributed by atoms with Gasteiger partial charge in [0, 0.05) is 48.3 Å². The van der Waals surface area contributed by atoms with E-state index in [-0.39, 0.29) is 0 Å². The first-order valence-corrected chi connectivity index (χ1v) is 14.6. The largest absolute Gasteiger partial charge is 0.285 e. The third kappa shape index (κ3) is 5.46. The number of pyridine rings is 2. The Hall–Kier alpha value is -6.56. The molecule has 0 atom stereocenters. The first kappa shape index (κ1) is 27.0. The minimum atomic E-state index is 0.464. The summed E-state index contributed by atoms with van der Waals surface area (Å²) in [7, 11) is 0. The molecule has 12 heteroatoms. The number of anilines is 2. The molecular formula is C34H26N12. The average molecular weight is 603 g/mol. The van der Waals surface area contributed by atoms with Crippen LogP contribution in [-0.4, -0.2) is 50.3 Å². The van der Waals surface area contributed by atoms with Gasteiger partial charge in [-0.1, -0.05) is 18.2 Å². The quantitative estimate of drug-likeness (QED) is 0.196. The Morgan fingerprint density at radius 1 is 0.500 bits per heavy atom. The van der Waals surface area contributed by atoms with E-state index in [9.17, 15) is 0 Å². The Balaban J connectivity index is 1.24. The molecular weight excluding hydrogens is 576 g/mol. The third-order valence-electron chi connectivity index (χ3n) is 7.68. The highest BCUT2D eigenvalue weighted by molar-refractivity contribution is 5.83. The highest BCUT2D eigenvalue weighted by Gasteiger charge is 2.23. The van der Waals surface area contributed by atoms with E-state index in [1.807, 2.05) is 79.3 Å². The Kier molecular flexibility index (Phi) is 6.96. The highest BCUT2D eigenvalue weighted by Crippen LogP contribution is 2.29. The summed E-state index contributed by atoms with van der Waals surface area (Å²) in [6, 6.07) is 20.0. The third-order valence-corrected chi connectivity index (χ3v) is 7.68. The second-order valence-corrected chi connectivity index (χ2v) is 10.7. The summed E-state index contributed by atoms with van der Waals surface area (Å²) in [5.74, 6) is 1.31. The van der Waals surface area contributed by atoms with Crippen LogP contribution in [-0.2, 0) is 13.1 Å². The fourth-order valence-corrected chi connectivity index (χ4v) is 5.33. The van der Waals surface area contributed by atoms with Crippen molar-refractivity contribution in [3.05, 3.63) is 134 Å². The molecule has 2 aromatic carbocycles. The number of fused-ring (bicyclic) bond motifs is 2. The van der Waals surface area contributed by atoms with E-state index in [1.54, 1.807) is 43.4 Å². The lowest BCUT2D eigenvalue weighted by molar-refractivity contribution is 0.688. The molecule has 8 aromatic rings. The van der Waals surface area contributed by atoms with Crippen LogP contribution in [0.15, 0.2) is 123 Å². The van der Waals surface area contributed by atoms with Crippen LogP contribution < -0.4 is 10.0 Å². The number of hydrogen-bond donors (Lipinski definition) is 2. The van der Waals surface area contributed by atoms with Crippen LogP contribution >= 0.6 is 0 Å². The van der Waals surface area contributed by atoms with Gasteiger partial charge >= 0.3 is 0 Å². The van der Waals surface area contributed by atoms with Crippen LogP contribution in [0, 0.1) is 0 Å². The molecule has 46 heavy (non-hydrogen) atoms. The van der Waals surface area contributed by atoms with Crippen molar-refractivity contribution >= 4 is 33.7 Å². The van der Waals surface area contributed by atoms with Gasteiger partial charge < -0.3 is 0 Å². The minimum absolute atomic E-state index is 0.464.